The Bertz CT molecular complexity index is 1630. The van der Waals surface area contributed by atoms with Gasteiger partial charge in [-0.05, 0) is 44.4 Å². The highest BCUT2D eigenvalue weighted by Gasteiger charge is 2.49. The van der Waals surface area contributed by atoms with Gasteiger partial charge >= 0.3 is 17.9 Å². The van der Waals surface area contributed by atoms with Crippen LogP contribution in [-0.4, -0.2) is 198 Å². The van der Waals surface area contributed by atoms with Crippen LogP contribution in [0.5, 0.6) is 0 Å². The Morgan fingerprint density at radius 2 is 0.685 bits per heavy atom. The fourth-order valence-corrected chi connectivity index (χ4v) is 8.45. The van der Waals surface area contributed by atoms with E-state index in [2.05, 4.69) is 13.8 Å². The molecule has 1 saturated carbocycles. The smallest absolute Gasteiger partial charge is 0.305 e. The first-order chi connectivity index (χ1) is 35.2. The van der Waals surface area contributed by atoms with E-state index in [1.165, 1.54) is 0 Å². The molecule has 416 valence electrons. The van der Waals surface area contributed by atoms with E-state index in [1.54, 1.807) is 0 Å². The van der Waals surface area contributed by atoms with Gasteiger partial charge in [0.1, 0.15) is 50.3 Å². The number of epoxide rings is 5. The molecule has 5 saturated heterocycles. The molecule has 1 aliphatic carbocycles. The van der Waals surface area contributed by atoms with Gasteiger partial charge in [0.05, 0.1) is 140 Å². The van der Waals surface area contributed by atoms with Crippen molar-refractivity contribution in [3.8, 4) is 0 Å². The van der Waals surface area contributed by atoms with Crippen molar-refractivity contribution in [1.29, 1.82) is 0 Å². The lowest BCUT2D eigenvalue weighted by Gasteiger charge is -2.33. The maximum absolute atomic E-state index is 14.3. The molecule has 0 amide bonds. The van der Waals surface area contributed by atoms with Crippen LogP contribution in [0.15, 0.2) is 0 Å². The summed E-state index contributed by atoms with van der Waals surface area (Å²) >= 11 is 0. The van der Waals surface area contributed by atoms with E-state index in [1.807, 2.05) is 20.8 Å². The highest BCUT2D eigenvalue weighted by Crippen LogP contribution is 2.35. The van der Waals surface area contributed by atoms with Crippen LogP contribution in [0.2, 0.25) is 0 Å². The molecule has 0 spiro atoms. The van der Waals surface area contributed by atoms with Gasteiger partial charge in [-0.3, -0.25) is 28.8 Å². The Kier molecular flexibility index (Phi) is 23.9. The van der Waals surface area contributed by atoms with Crippen LogP contribution < -0.4 is 0 Å². The lowest BCUT2D eigenvalue weighted by molar-refractivity contribution is -0.154. The maximum atomic E-state index is 14.3. The molecule has 6 fully saturated rings. The van der Waals surface area contributed by atoms with Gasteiger partial charge in [0.2, 0.25) is 0 Å². The summed E-state index contributed by atoms with van der Waals surface area (Å²) in [4.78, 5) is 83.2. The molecular weight excluding hydrogens is 957 g/mol. The minimum Gasteiger partial charge on any atom is -0.465 e. The molecule has 6 aliphatic rings. The van der Waals surface area contributed by atoms with E-state index in [4.69, 9.17) is 66.3 Å². The summed E-state index contributed by atoms with van der Waals surface area (Å²) in [5, 5.41) is 0. The van der Waals surface area contributed by atoms with Gasteiger partial charge < -0.3 is 66.3 Å². The third-order valence-electron chi connectivity index (χ3n) is 14.9. The second kappa shape index (κ2) is 29.5. The molecule has 6 rings (SSSR count). The fourth-order valence-electron chi connectivity index (χ4n) is 8.45. The summed E-state index contributed by atoms with van der Waals surface area (Å²) in [6, 6.07) is 0. The molecule has 0 aromatic carbocycles. The van der Waals surface area contributed by atoms with Crippen LogP contribution in [0, 0.1) is 39.9 Å². The Morgan fingerprint density at radius 3 is 0.904 bits per heavy atom. The van der Waals surface area contributed by atoms with Gasteiger partial charge in [0.25, 0.3) is 0 Å². The second-order valence-corrected chi connectivity index (χ2v) is 21.4. The van der Waals surface area contributed by atoms with Crippen molar-refractivity contribution in [3.05, 3.63) is 0 Å². The average Bonchev–Trinajstić information content (AvgIpc) is 4.17. The number of ether oxygens (including phenoxy) is 14. The van der Waals surface area contributed by atoms with E-state index < -0.39 is 69.3 Å². The zero-order valence-corrected chi connectivity index (χ0v) is 44.1. The van der Waals surface area contributed by atoms with Crippen molar-refractivity contribution in [3.63, 3.8) is 0 Å². The fraction of sp³-hybridized carbons (Fsp3) is 0.887. The topological polar surface area (TPSA) is 248 Å². The highest BCUT2D eigenvalue weighted by molar-refractivity contribution is 6.24. The van der Waals surface area contributed by atoms with Crippen LogP contribution in [0.25, 0.3) is 0 Å². The normalized spacial score (nSPS) is 27.8. The van der Waals surface area contributed by atoms with E-state index in [0.29, 0.717) is 104 Å². The van der Waals surface area contributed by atoms with Gasteiger partial charge in [0.15, 0.2) is 17.3 Å². The Labute approximate surface area is 430 Å². The lowest BCUT2D eigenvalue weighted by Crippen LogP contribution is -2.48. The van der Waals surface area contributed by atoms with Crippen LogP contribution in [-0.2, 0) is 95.1 Å². The van der Waals surface area contributed by atoms with Crippen LogP contribution in [0.1, 0.15) is 98.8 Å². The molecule has 0 aromatic heterocycles. The third-order valence-corrected chi connectivity index (χ3v) is 14.9. The molecule has 9 unspecified atom stereocenters. The summed E-state index contributed by atoms with van der Waals surface area (Å²) in [5.74, 6) is -7.69. The van der Waals surface area contributed by atoms with Crippen molar-refractivity contribution in [2.75, 3.05) is 132 Å². The number of carbonyl (C=O) groups excluding carboxylic acids is 6. The monoisotopic (exact) mass is 1040 g/mol. The number of hydrogen-bond donors (Lipinski definition) is 0. The van der Waals surface area contributed by atoms with Gasteiger partial charge in [0, 0.05) is 25.9 Å². The van der Waals surface area contributed by atoms with Crippen molar-refractivity contribution in [2.45, 2.75) is 129 Å². The lowest BCUT2D eigenvalue weighted by atomic mass is 9.68. The SMILES string of the molecule is CCC(C)COCC(CC)(COCC1CO1)COC(=O)CCC1C(=O)C(CCC(=O)OCC(CC)(COCC2CO2)COCC2CO2)C(=O)C(CCC(=O)OCC(CC)(COCC2CO2)COCC2CO2)C1=O. The molecule has 20 nitrogen and oxygen atoms in total. The number of Topliss-reactive ketones (excluding diaryl/α,β-unsaturated/α-hetero) is 3. The first-order valence-electron chi connectivity index (χ1n) is 26.9. The number of esters is 3. The number of hydrogen-bond acceptors (Lipinski definition) is 20. The van der Waals surface area contributed by atoms with Crippen LogP contribution >= 0.6 is 0 Å². The number of ketones is 3. The molecule has 73 heavy (non-hydrogen) atoms. The quantitative estimate of drug-likeness (QED) is 0.0364. The summed E-state index contributed by atoms with van der Waals surface area (Å²) in [5.41, 5.74) is -2.00. The molecule has 0 bridgehead atoms. The molecule has 0 N–H and O–H groups in total. The van der Waals surface area contributed by atoms with Crippen LogP contribution in [0.4, 0.5) is 0 Å². The molecule has 9 atom stereocenters. The molecule has 0 radical (unpaired) electrons. The van der Waals surface area contributed by atoms with Crippen molar-refractivity contribution < 1.29 is 95.1 Å². The van der Waals surface area contributed by atoms with Crippen molar-refractivity contribution in [1.82, 2.24) is 0 Å². The first kappa shape index (κ1) is 59.2. The summed E-state index contributed by atoms with van der Waals surface area (Å²) in [7, 11) is 0. The minimum absolute atomic E-state index is 0.0161. The van der Waals surface area contributed by atoms with E-state index in [0.717, 1.165) is 6.42 Å². The molecule has 5 heterocycles. The van der Waals surface area contributed by atoms with E-state index >= 15 is 0 Å². The first-order valence-corrected chi connectivity index (χ1v) is 26.9. The van der Waals surface area contributed by atoms with Crippen LogP contribution in [0.3, 0.4) is 0 Å². The third kappa shape index (κ3) is 20.8. The van der Waals surface area contributed by atoms with Gasteiger partial charge in [-0.1, -0.05) is 41.0 Å². The van der Waals surface area contributed by atoms with E-state index in [9.17, 15) is 28.8 Å². The Hall–Kier alpha value is -3.02. The van der Waals surface area contributed by atoms with Crippen molar-refractivity contribution >= 4 is 35.3 Å². The van der Waals surface area contributed by atoms with Crippen molar-refractivity contribution in [2.24, 2.45) is 39.9 Å². The summed E-state index contributed by atoms with van der Waals surface area (Å²) < 4.78 is 79.7. The molecule has 0 aromatic rings. The predicted octanol–water partition coefficient (Wildman–Crippen LogP) is 3.86. The van der Waals surface area contributed by atoms with Gasteiger partial charge in [-0.15, -0.1) is 0 Å². The molecule has 20 heteroatoms. The minimum atomic E-state index is -1.36. The zero-order chi connectivity index (χ0) is 52.3. The largest absolute Gasteiger partial charge is 0.465 e. The van der Waals surface area contributed by atoms with Gasteiger partial charge in [-0.2, -0.15) is 0 Å². The summed E-state index contributed by atoms with van der Waals surface area (Å²) in [6.07, 6.45) is 1.29. The predicted molar refractivity (Wildman–Crippen MR) is 257 cm³/mol. The summed E-state index contributed by atoms with van der Waals surface area (Å²) in [6.45, 7) is 17.2. The Morgan fingerprint density at radius 1 is 0.438 bits per heavy atom. The molecular formula is C53H84O20. The average molecular weight is 1040 g/mol. The Balaban J connectivity index is 1.08. The zero-order valence-electron chi connectivity index (χ0n) is 44.1. The highest BCUT2D eigenvalue weighted by atomic mass is 16.6. The number of rotatable bonds is 43. The molecule has 5 aliphatic heterocycles. The van der Waals surface area contributed by atoms with E-state index in [-0.39, 0.29) is 122 Å². The second-order valence-electron chi connectivity index (χ2n) is 21.4. The maximum Gasteiger partial charge on any atom is 0.305 e. The van der Waals surface area contributed by atoms with Gasteiger partial charge in [-0.25, -0.2) is 0 Å². The number of carbonyl (C=O) groups is 6. The standard InChI is InChI=1S/C53H84O20/c1-6-36(5)16-60-27-51(7-2,28-61-17-37-22-66-37)33-71-45(54)13-10-42-48(57)43(11-14-46(55)72-34-52(8-3,29-62-18-38-23-67-38)30-63-19-39-24-68-39)50(59)44(49(42)58)12-15-47(56)73-35-53(9-4,31-64-20-40-25-69-40)32-65-21-41-26-70-41/h36-44H,6-35H2,1-5H3.